The minimum absolute atomic E-state index is 0.168. The summed E-state index contributed by atoms with van der Waals surface area (Å²) in [5.74, 6) is -2.91. The van der Waals surface area contributed by atoms with Crippen molar-refractivity contribution in [1.29, 1.82) is 0 Å². The number of aliphatic carboxylic acids is 1. The number of carbonyl (C=O) groups is 3. The lowest BCUT2D eigenvalue weighted by Crippen LogP contribution is -2.60. The Morgan fingerprint density at radius 2 is 1.78 bits per heavy atom. The fourth-order valence-corrected chi connectivity index (χ4v) is 6.52. The summed E-state index contributed by atoms with van der Waals surface area (Å²) >= 11 is 0. The number of fused-ring (bicyclic) bond motifs is 1. The molecule has 216 valence electrons. The highest BCUT2D eigenvalue weighted by atomic mass is 32.2. The fraction of sp³-hybridized carbons (Fsp3) is 0.300. The van der Waals surface area contributed by atoms with Gasteiger partial charge in [-0.25, -0.2) is 8.42 Å². The normalized spacial score (nSPS) is 17.8. The second kappa shape index (κ2) is 11.3. The maximum atomic E-state index is 13.9. The maximum absolute atomic E-state index is 13.9. The summed E-state index contributed by atoms with van der Waals surface area (Å²) in [6.07, 6.45) is 4.42. The van der Waals surface area contributed by atoms with Gasteiger partial charge in [0, 0.05) is 12.0 Å². The quantitative estimate of drug-likeness (QED) is 0.298. The largest absolute Gasteiger partial charge is 0.495 e. The number of sulfonamides is 1. The van der Waals surface area contributed by atoms with Gasteiger partial charge in [0.05, 0.1) is 18.1 Å². The number of ether oxygens (including phenoxy) is 1. The van der Waals surface area contributed by atoms with E-state index in [1.807, 2.05) is 30.3 Å². The van der Waals surface area contributed by atoms with Gasteiger partial charge >= 0.3 is 5.97 Å². The number of amides is 1. The molecular weight excluding hydrogens is 548 g/mol. The Kier molecular flexibility index (Phi) is 8.23. The number of aryl methyl sites for hydroxylation is 1. The van der Waals surface area contributed by atoms with Gasteiger partial charge in [0.2, 0.25) is 10.0 Å². The van der Waals surface area contributed by atoms with E-state index >= 15 is 0 Å². The zero-order chi connectivity index (χ0) is 30.1. The van der Waals surface area contributed by atoms with E-state index in [2.05, 4.69) is 10.0 Å². The number of Topliss-reactive ketones (excluding diaryl/α,β-unsaturated/α-hetero) is 1. The molecule has 41 heavy (non-hydrogen) atoms. The standard InChI is InChI=1S/C30H32N2O8S/c1-17(2)25(29(35)36)32-41(37,38)30(15-13-21(14-16-30)20-9-7-6-8-10-20)31-28(34)26-18(3)24-23(40-26)12-11-22(19(4)33)27(24)39-5/h6-15,17,25,32H,16H2,1-5H3,(H,31,34)(H,35,36)/t25-,30?/m0/s1. The molecule has 0 bridgehead atoms. The monoisotopic (exact) mass is 580 g/mol. The molecule has 10 nitrogen and oxygen atoms in total. The van der Waals surface area contributed by atoms with Crippen molar-refractivity contribution in [2.45, 2.75) is 45.0 Å². The lowest BCUT2D eigenvalue weighted by atomic mass is 9.96. The molecule has 2 aromatic carbocycles. The summed E-state index contributed by atoms with van der Waals surface area (Å²) in [6, 6.07) is 10.9. The third kappa shape index (κ3) is 5.55. The van der Waals surface area contributed by atoms with Crippen LogP contribution in [0.1, 0.15) is 59.2 Å². The number of rotatable bonds is 10. The molecule has 11 heteroatoms. The number of benzene rings is 2. The number of allylic oxidation sites excluding steroid dienone is 2. The Hall–Kier alpha value is -4.22. The molecule has 1 heterocycles. The number of hydrogen-bond acceptors (Lipinski definition) is 7. The second-order valence-electron chi connectivity index (χ2n) is 10.2. The number of furan rings is 1. The topological polar surface area (TPSA) is 152 Å². The lowest BCUT2D eigenvalue weighted by Gasteiger charge is -2.34. The molecule has 1 aliphatic rings. The van der Waals surface area contributed by atoms with Crippen molar-refractivity contribution in [3.8, 4) is 5.75 Å². The molecule has 0 radical (unpaired) electrons. The average Bonchev–Trinajstić information content (AvgIpc) is 3.28. The van der Waals surface area contributed by atoms with Crippen LogP contribution in [-0.2, 0) is 14.8 Å². The molecule has 0 saturated carbocycles. The summed E-state index contributed by atoms with van der Waals surface area (Å²) in [7, 11) is -3.12. The van der Waals surface area contributed by atoms with Gasteiger partial charge in [-0.1, -0.05) is 56.3 Å². The summed E-state index contributed by atoms with van der Waals surface area (Å²) < 4.78 is 41.3. The summed E-state index contributed by atoms with van der Waals surface area (Å²) in [6.45, 7) is 6.16. The molecular formula is C30H32N2O8S. The van der Waals surface area contributed by atoms with Gasteiger partial charge in [-0.3, -0.25) is 14.4 Å². The number of nitrogens with one attached hydrogen (secondary N) is 2. The summed E-state index contributed by atoms with van der Waals surface area (Å²) in [5, 5.41) is 12.7. The molecule has 0 fully saturated rings. The highest BCUT2D eigenvalue weighted by molar-refractivity contribution is 7.91. The molecule has 1 aliphatic carbocycles. The second-order valence-corrected chi connectivity index (χ2v) is 12.2. The van der Waals surface area contributed by atoms with Crippen LogP contribution >= 0.6 is 0 Å². The number of ketones is 1. The van der Waals surface area contributed by atoms with E-state index in [4.69, 9.17) is 9.15 Å². The first-order valence-electron chi connectivity index (χ1n) is 12.9. The summed E-state index contributed by atoms with van der Waals surface area (Å²) in [5.41, 5.74) is 2.53. The van der Waals surface area contributed by atoms with Crippen molar-refractivity contribution in [3.63, 3.8) is 0 Å². The first-order chi connectivity index (χ1) is 19.3. The zero-order valence-electron chi connectivity index (χ0n) is 23.3. The van der Waals surface area contributed by atoms with E-state index in [-0.39, 0.29) is 29.3 Å². The first kappa shape index (κ1) is 29.8. The van der Waals surface area contributed by atoms with E-state index in [1.165, 1.54) is 26.2 Å². The Bertz CT molecular complexity index is 1690. The van der Waals surface area contributed by atoms with Crippen molar-refractivity contribution in [2.24, 2.45) is 5.92 Å². The summed E-state index contributed by atoms with van der Waals surface area (Å²) in [4.78, 5) is 35.7. The highest BCUT2D eigenvalue weighted by Gasteiger charge is 2.46. The van der Waals surface area contributed by atoms with Crippen molar-refractivity contribution in [2.75, 3.05) is 7.11 Å². The number of hydrogen-bond donors (Lipinski definition) is 3. The Labute approximate surface area is 238 Å². The van der Waals surface area contributed by atoms with Gasteiger partial charge in [-0.2, -0.15) is 4.72 Å². The predicted octanol–water partition coefficient (Wildman–Crippen LogP) is 4.45. The van der Waals surface area contributed by atoms with Gasteiger partial charge in [0.1, 0.15) is 17.4 Å². The smallest absolute Gasteiger partial charge is 0.321 e. The molecule has 4 rings (SSSR count). The molecule has 1 aromatic heterocycles. The number of methoxy groups -OCH3 is 1. The molecule has 1 amide bonds. The van der Waals surface area contributed by atoms with Crippen molar-refractivity contribution < 1.29 is 37.1 Å². The van der Waals surface area contributed by atoms with Crippen molar-refractivity contribution in [3.05, 3.63) is 83.1 Å². The molecule has 0 saturated heterocycles. The Balaban J connectivity index is 1.78. The van der Waals surface area contributed by atoms with Crippen LogP contribution < -0.4 is 14.8 Å². The Morgan fingerprint density at radius 3 is 2.32 bits per heavy atom. The van der Waals surface area contributed by atoms with Gasteiger partial charge in [0.25, 0.3) is 5.91 Å². The third-order valence-corrected chi connectivity index (χ3v) is 9.05. The van der Waals surface area contributed by atoms with E-state index in [0.717, 1.165) is 11.1 Å². The van der Waals surface area contributed by atoms with Crippen LogP contribution in [0.25, 0.3) is 16.5 Å². The minimum Gasteiger partial charge on any atom is -0.495 e. The van der Waals surface area contributed by atoms with Crippen LogP contribution in [0.4, 0.5) is 0 Å². The lowest BCUT2D eigenvalue weighted by molar-refractivity contribution is -0.140. The van der Waals surface area contributed by atoms with Gasteiger partial charge in [0.15, 0.2) is 16.4 Å². The molecule has 1 unspecified atom stereocenters. The van der Waals surface area contributed by atoms with Crippen LogP contribution in [0, 0.1) is 12.8 Å². The minimum atomic E-state index is -4.52. The van der Waals surface area contributed by atoms with Crippen molar-refractivity contribution in [1.82, 2.24) is 10.0 Å². The van der Waals surface area contributed by atoms with Crippen LogP contribution in [0.2, 0.25) is 0 Å². The predicted molar refractivity (Wildman–Crippen MR) is 154 cm³/mol. The van der Waals surface area contributed by atoms with Crippen LogP contribution in [0.15, 0.2) is 65.1 Å². The van der Waals surface area contributed by atoms with Gasteiger partial charge < -0.3 is 19.6 Å². The first-order valence-corrected chi connectivity index (χ1v) is 14.4. The molecule has 3 aromatic rings. The van der Waals surface area contributed by atoms with Gasteiger partial charge in [-0.05, 0) is 49.1 Å². The van der Waals surface area contributed by atoms with Crippen LogP contribution in [0.5, 0.6) is 5.75 Å². The van der Waals surface area contributed by atoms with Crippen LogP contribution in [0.3, 0.4) is 0 Å². The molecule has 0 spiro atoms. The third-order valence-electron chi connectivity index (χ3n) is 7.12. The van der Waals surface area contributed by atoms with E-state index in [9.17, 15) is 27.9 Å². The van der Waals surface area contributed by atoms with E-state index in [0.29, 0.717) is 16.5 Å². The van der Waals surface area contributed by atoms with Crippen molar-refractivity contribution >= 4 is 44.2 Å². The fourth-order valence-electron chi connectivity index (χ4n) is 4.83. The van der Waals surface area contributed by atoms with Gasteiger partial charge in [-0.15, -0.1) is 0 Å². The number of carbonyl (C=O) groups excluding carboxylic acids is 2. The molecule has 3 N–H and O–H groups in total. The molecule has 2 atom stereocenters. The highest BCUT2D eigenvalue weighted by Crippen LogP contribution is 2.37. The number of carboxylic acids is 1. The SMILES string of the molecule is COc1c(C(C)=O)ccc2oc(C(=O)NC3(S(=O)(=O)N[C@H](C(=O)O)C(C)C)C=CC(c4ccccc4)=CC3)c(C)c12. The van der Waals surface area contributed by atoms with Crippen LogP contribution in [-0.4, -0.2) is 49.2 Å². The molecule has 0 aliphatic heterocycles. The Morgan fingerprint density at radius 1 is 1.10 bits per heavy atom. The average molecular weight is 581 g/mol. The van der Waals surface area contributed by atoms with E-state index < -0.39 is 38.7 Å². The zero-order valence-corrected chi connectivity index (χ0v) is 24.2. The number of carboxylic acid groups (broad SMARTS) is 1. The maximum Gasteiger partial charge on any atom is 0.321 e. The van der Waals surface area contributed by atoms with E-state index in [1.54, 1.807) is 39.0 Å².